The molecule has 11 nitrogen and oxygen atoms in total. The number of nitro groups is 1. The SMILES string of the molecule is O=[N+]([O-])c1ccccc1-c1ccc(C=NNc2nc(N3CCCCC3)nc(N3CCCCC3)n2)o1. The van der Waals surface area contributed by atoms with Gasteiger partial charge in [0, 0.05) is 32.2 Å². The second-order valence-electron chi connectivity index (χ2n) is 8.70. The van der Waals surface area contributed by atoms with Gasteiger partial charge in [0.05, 0.1) is 16.7 Å². The van der Waals surface area contributed by atoms with Crippen molar-refractivity contribution in [2.45, 2.75) is 38.5 Å². The molecule has 0 bridgehead atoms. The molecular weight excluding hydrogens is 448 g/mol. The molecule has 0 atom stereocenters. The molecule has 11 heteroatoms. The molecule has 2 aromatic heterocycles. The number of nitrogens with one attached hydrogen (secondary N) is 1. The zero-order chi connectivity index (χ0) is 24.0. The normalized spacial score (nSPS) is 16.6. The van der Waals surface area contributed by atoms with Crippen LogP contribution in [0.2, 0.25) is 0 Å². The summed E-state index contributed by atoms with van der Waals surface area (Å²) in [5, 5.41) is 15.6. The molecule has 35 heavy (non-hydrogen) atoms. The van der Waals surface area contributed by atoms with Gasteiger partial charge in [-0.25, -0.2) is 5.43 Å². The van der Waals surface area contributed by atoms with Gasteiger partial charge in [0.1, 0.15) is 11.5 Å². The summed E-state index contributed by atoms with van der Waals surface area (Å²) in [6.45, 7) is 3.75. The number of para-hydroxylation sites is 1. The Morgan fingerprint density at radius 2 is 1.51 bits per heavy atom. The van der Waals surface area contributed by atoms with Gasteiger partial charge in [0.15, 0.2) is 0 Å². The number of benzene rings is 1. The zero-order valence-corrected chi connectivity index (χ0v) is 19.5. The average molecular weight is 477 g/mol. The van der Waals surface area contributed by atoms with Crippen LogP contribution in [0, 0.1) is 10.1 Å². The molecule has 2 fully saturated rings. The van der Waals surface area contributed by atoms with Crippen molar-refractivity contribution in [2.75, 3.05) is 41.4 Å². The molecule has 0 spiro atoms. The minimum Gasteiger partial charge on any atom is -0.455 e. The fourth-order valence-electron chi connectivity index (χ4n) is 4.44. The van der Waals surface area contributed by atoms with Crippen LogP contribution in [-0.4, -0.2) is 52.3 Å². The van der Waals surface area contributed by atoms with Crippen LogP contribution >= 0.6 is 0 Å². The van der Waals surface area contributed by atoms with Crippen molar-refractivity contribution in [3.05, 3.63) is 52.3 Å². The van der Waals surface area contributed by atoms with E-state index in [0.29, 0.717) is 34.9 Å². The average Bonchev–Trinajstić information content (AvgIpc) is 3.38. The highest BCUT2D eigenvalue weighted by atomic mass is 16.6. The number of hydrazone groups is 1. The molecule has 1 N–H and O–H groups in total. The summed E-state index contributed by atoms with van der Waals surface area (Å²) < 4.78 is 5.77. The highest BCUT2D eigenvalue weighted by Gasteiger charge is 2.20. The molecule has 0 saturated carbocycles. The number of hydrogen-bond donors (Lipinski definition) is 1. The number of anilines is 3. The van der Waals surface area contributed by atoms with Crippen molar-refractivity contribution in [3.63, 3.8) is 0 Å². The summed E-state index contributed by atoms with van der Waals surface area (Å²) >= 11 is 0. The fraction of sp³-hybridized carbons (Fsp3) is 0.417. The van der Waals surface area contributed by atoms with Crippen LogP contribution in [0.15, 0.2) is 45.9 Å². The number of rotatable bonds is 7. The highest BCUT2D eigenvalue weighted by Crippen LogP contribution is 2.30. The lowest BCUT2D eigenvalue weighted by molar-refractivity contribution is -0.384. The Morgan fingerprint density at radius 1 is 0.886 bits per heavy atom. The van der Waals surface area contributed by atoms with Crippen LogP contribution in [0.4, 0.5) is 23.5 Å². The predicted molar refractivity (Wildman–Crippen MR) is 134 cm³/mol. The van der Waals surface area contributed by atoms with Gasteiger partial charge in [0.2, 0.25) is 17.8 Å². The van der Waals surface area contributed by atoms with Gasteiger partial charge in [0.25, 0.3) is 5.69 Å². The standard InChI is InChI=1S/C24H28N8O3/c33-32(34)20-10-4-3-9-19(20)21-12-11-18(35-21)17-25-29-22-26-23(30-13-5-1-6-14-30)28-24(27-22)31-15-7-2-8-16-31/h3-4,9-12,17H,1-2,5-8,13-16H2,(H,26,27,28,29). The summed E-state index contributed by atoms with van der Waals surface area (Å²) in [6, 6.07) is 9.88. The lowest BCUT2D eigenvalue weighted by Crippen LogP contribution is -2.34. The van der Waals surface area contributed by atoms with Crippen LogP contribution in [-0.2, 0) is 0 Å². The van der Waals surface area contributed by atoms with Crippen LogP contribution in [0.5, 0.6) is 0 Å². The summed E-state index contributed by atoms with van der Waals surface area (Å²) in [4.78, 5) is 29.3. The first-order chi connectivity index (χ1) is 17.2. The van der Waals surface area contributed by atoms with Crippen molar-refractivity contribution in [3.8, 4) is 11.3 Å². The minimum absolute atomic E-state index is 0.0101. The predicted octanol–water partition coefficient (Wildman–Crippen LogP) is 4.47. The van der Waals surface area contributed by atoms with Crippen LogP contribution in [0.3, 0.4) is 0 Å². The van der Waals surface area contributed by atoms with E-state index in [9.17, 15) is 10.1 Å². The Hall–Kier alpha value is -4.02. The smallest absolute Gasteiger partial charge is 0.280 e. The zero-order valence-electron chi connectivity index (χ0n) is 19.5. The summed E-state index contributed by atoms with van der Waals surface area (Å²) in [7, 11) is 0. The van der Waals surface area contributed by atoms with E-state index in [1.165, 1.54) is 25.1 Å². The summed E-state index contributed by atoms with van der Waals surface area (Å²) in [5.74, 6) is 2.58. The molecule has 0 aliphatic carbocycles. The van der Waals surface area contributed by atoms with Crippen LogP contribution in [0.25, 0.3) is 11.3 Å². The Labute approximate surface area is 203 Å². The first-order valence-corrected chi connectivity index (χ1v) is 12.1. The van der Waals surface area contributed by atoms with E-state index in [1.54, 1.807) is 30.3 Å². The lowest BCUT2D eigenvalue weighted by atomic mass is 10.1. The molecule has 2 aliphatic heterocycles. The maximum absolute atomic E-state index is 11.3. The third-order valence-electron chi connectivity index (χ3n) is 6.24. The molecule has 2 aliphatic rings. The van der Waals surface area contributed by atoms with Gasteiger partial charge < -0.3 is 14.2 Å². The molecule has 1 aromatic carbocycles. The van der Waals surface area contributed by atoms with Gasteiger partial charge in [-0.05, 0) is 56.7 Å². The molecule has 5 rings (SSSR count). The monoisotopic (exact) mass is 476 g/mol. The van der Waals surface area contributed by atoms with Gasteiger partial charge in [-0.1, -0.05) is 12.1 Å². The quantitative estimate of drug-likeness (QED) is 0.299. The topological polar surface area (TPSA) is 126 Å². The van der Waals surface area contributed by atoms with Crippen LogP contribution < -0.4 is 15.2 Å². The van der Waals surface area contributed by atoms with Gasteiger partial charge >= 0.3 is 0 Å². The van der Waals surface area contributed by atoms with Crippen molar-refractivity contribution in [1.29, 1.82) is 0 Å². The maximum atomic E-state index is 11.3. The molecule has 4 heterocycles. The van der Waals surface area contributed by atoms with E-state index in [0.717, 1.165) is 51.9 Å². The largest absolute Gasteiger partial charge is 0.455 e. The Balaban J connectivity index is 1.34. The maximum Gasteiger partial charge on any atom is 0.280 e. The summed E-state index contributed by atoms with van der Waals surface area (Å²) in [5.41, 5.74) is 3.32. The van der Waals surface area contributed by atoms with E-state index in [-0.39, 0.29) is 5.69 Å². The fourth-order valence-corrected chi connectivity index (χ4v) is 4.44. The summed E-state index contributed by atoms with van der Waals surface area (Å²) in [6.07, 6.45) is 8.49. The number of aromatic nitrogens is 3. The van der Waals surface area contributed by atoms with E-state index < -0.39 is 4.92 Å². The number of furan rings is 1. The van der Waals surface area contributed by atoms with E-state index in [4.69, 9.17) is 9.40 Å². The van der Waals surface area contributed by atoms with E-state index >= 15 is 0 Å². The first-order valence-electron chi connectivity index (χ1n) is 12.1. The third kappa shape index (κ3) is 5.39. The molecule has 0 radical (unpaired) electrons. The second-order valence-corrected chi connectivity index (χ2v) is 8.70. The van der Waals surface area contributed by atoms with Crippen molar-refractivity contribution in [2.24, 2.45) is 5.10 Å². The number of nitro benzene ring substituents is 1. The molecule has 0 amide bonds. The number of hydrogen-bond acceptors (Lipinski definition) is 10. The van der Waals surface area contributed by atoms with Crippen molar-refractivity contribution < 1.29 is 9.34 Å². The molecule has 182 valence electrons. The Morgan fingerprint density at radius 3 is 2.14 bits per heavy atom. The van der Waals surface area contributed by atoms with Gasteiger partial charge in [-0.15, -0.1) is 0 Å². The number of nitrogens with zero attached hydrogens (tertiary/aromatic N) is 7. The minimum atomic E-state index is -0.423. The number of piperidine rings is 2. The second kappa shape index (κ2) is 10.5. The molecule has 2 saturated heterocycles. The lowest BCUT2D eigenvalue weighted by Gasteiger charge is -2.30. The Kier molecular flexibility index (Phi) is 6.82. The molecular formula is C24H28N8O3. The van der Waals surface area contributed by atoms with Gasteiger partial charge in [-0.3, -0.25) is 10.1 Å². The van der Waals surface area contributed by atoms with E-state index in [2.05, 4.69) is 30.3 Å². The first kappa shape index (κ1) is 22.8. The van der Waals surface area contributed by atoms with Crippen molar-refractivity contribution >= 4 is 29.7 Å². The van der Waals surface area contributed by atoms with E-state index in [1.807, 2.05) is 0 Å². The molecule has 0 unspecified atom stereocenters. The third-order valence-corrected chi connectivity index (χ3v) is 6.24. The van der Waals surface area contributed by atoms with Crippen LogP contribution in [0.1, 0.15) is 44.3 Å². The Bertz CT molecular complexity index is 1160. The van der Waals surface area contributed by atoms with Crippen molar-refractivity contribution in [1.82, 2.24) is 15.0 Å². The highest BCUT2D eigenvalue weighted by molar-refractivity contribution is 5.79. The molecule has 3 aromatic rings. The van der Waals surface area contributed by atoms with Gasteiger partial charge in [-0.2, -0.15) is 20.1 Å².